The van der Waals surface area contributed by atoms with E-state index in [0.717, 1.165) is 11.0 Å². The third-order valence-corrected chi connectivity index (χ3v) is 3.80. The Morgan fingerprint density at radius 3 is 2.55 bits per heavy atom. The lowest BCUT2D eigenvalue weighted by Gasteiger charge is -1.99. The van der Waals surface area contributed by atoms with Gasteiger partial charge in [0.25, 0.3) is 0 Å². The van der Waals surface area contributed by atoms with Crippen LogP contribution in [0.1, 0.15) is 31.2 Å². The Labute approximate surface area is 130 Å². The summed E-state index contributed by atoms with van der Waals surface area (Å²) in [4.78, 5) is 0. The predicted molar refractivity (Wildman–Crippen MR) is 84.1 cm³/mol. The maximum Gasteiger partial charge on any atom is 0.234 e. The highest BCUT2D eigenvalue weighted by Gasteiger charge is 2.11. The van der Waals surface area contributed by atoms with Gasteiger partial charge in [0, 0.05) is 11.8 Å². The topological polar surface area (TPSA) is 85.1 Å². The Kier molecular flexibility index (Phi) is 5.46. The summed E-state index contributed by atoms with van der Waals surface area (Å²) in [6.45, 7) is 4.06. The Bertz CT molecular complexity index is 722. The average molecular weight is 321 g/mol. The first kappa shape index (κ1) is 16.4. The SMILES string of the molecule is CC(C)Cc1nnc(CNS(=O)(=O)/C=C/c2ccccc2)o1. The van der Waals surface area contributed by atoms with Gasteiger partial charge in [-0.1, -0.05) is 44.2 Å². The van der Waals surface area contributed by atoms with Gasteiger partial charge in [0.1, 0.15) is 0 Å². The molecular weight excluding hydrogens is 302 g/mol. The molecule has 0 atom stereocenters. The van der Waals surface area contributed by atoms with Gasteiger partial charge in [-0.2, -0.15) is 0 Å². The van der Waals surface area contributed by atoms with Gasteiger partial charge in [-0.3, -0.25) is 0 Å². The van der Waals surface area contributed by atoms with Gasteiger partial charge in [0.2, 0.25) is 21.8 Å². The van der Waals surface area contributed by atoms with Crippen LogP contribution in [0, 0.1) is 5.92 Å². The lowest BCUT2D eigenvalue weighted by atomic mass is 10.1. The van der Waals surface area contributed by atoms with Crippen LogP contribution >= 0.6 is 0 Å². The number of hydrogen-bond acceptors (Lipinski definition) is 5. The first-order valence-corrected chi connectivity index (χ1v) is 8.53. The summed E-state index contributed by atoms with van der Waals surface area (Å²) >= 11 is 0. The molecule has 6 nitrogen and oxygen atoms in total. The van der Waals surface area contributed by atoms with Crippen molar-refractivity contribution in [3.63, 3.8) is 0 Å². The molecule has 0 bridgehead atoms. The van der Waals surface area contributed by atoms with Gasteiger partial charge in [0.05, 0.1) is 6.54 Å². The third-order valence-electron chi connectivity index (χ3n) is 2.76. The fourth-order valence-corrected chi connectivity index (χ4v) is 2.49. The molecule has 0 radical (unpaired) electrons. The molecule has 0 aliphatic carbocycles. The van der Waals surface area contributed by atoms with Crippen LogP contribution in [-0.4, -0.2) is 18.6 Å². The monoisotopic (exact) mass is 321 g/mol. The van der Waals surface area contributed by atoms with Crippen molar-refractivity contribution in [3.05, 3.63) is 53.1 Å². The minimum atomic E-state index is -3.55. The van der Waals surface area contributed by atoms with Crippen LogP contribution < -0.4 is 4.72 Å². The van der Waals surface area contributed by atoms with Gasteiger partial charge in [-0.25, -0.2) is 13.1 Å². The lowest BCUT2D eigenvalue weighted by Crippen LogP contribution is -2.20. The number of aromatic nitrogens is 2. The highest BCUT2D eigenvalue weighted by atomic mass is 32.2. The van der Waals surface area contributed by atoms with E-state index in [1.807, 2.05) is 44.2 Å². The molecule has 118 valence electrons. The number of nitrogens with one attached hydrogen (secondary N) is 1. The van der Waals surface area contributed by atoms with Crippen molar-refractivity contribution < 1.29 is 12.8 Å². The van der Waals surface area contributed by atoms with E-state index in [2.05, 4.69) is 14.9 Å². The van der Waals surface area contributed by atoms with Crippen molar-refractivity contribution in [1.82, 2.24) is 14.9 Å². The molecule has 0 fully saturated rings. The van der Waals surface area contributed by atoms with Crippen LogP contribution in [0.15, 0.2) is 40.2 Å². The zero-order valence-electron chi connectivity index (χ0n) is 12.6. The van der Waals surface area contributed by atoms with Crippen LogP contribution in [0.3, 0.4) is 0 Å². The fraction of sp³-hybridized carbons (Fsp3) is 0.333. The van der Waals surface area contributed by atoms with E-state index in [-0.39, 0.29) is 12.4 Å². The molecule has 0 amide bonds. The van der Waals surface area contributed by atoms with E-state index >= 15 is 0 Å². The number of rotatable bonds is 7. The summed E-state index contributed by atoms with van der Waals surface area (Å²) < 4.78 is 31.5. The minimum absolute atomic E-state index is 0.0213. The maximum atomic E-state index is 11.9. The van der Waals surface area contributed by atoms with E-state index in [1.54, 1.807) is 0 Å². The van der Waals surface area contributed by atoms with Crippen molar-refractivity contribution in [2.45, 2.75) is 26.8 Å². The van der Waals surface area contributed by atoms with Crippen molar-refractivity contribution in [2.24, 2.45) is 5.92 Å². The molecule has 0 unspecified atom stereocenters. The summed E-state index contributed by atoms with van der Waals surface area (Å²) in [5.74, 6) is 1.18. The van der Waals surface area contributed by atoms with E-state index in [0.29, 0.717) is 18.2 Å². The molecule has 7 heteroatoms. The Balaban J connectivity index is 1.92. The Morgan fingerprint density at radius 1 is 1.18 bits per heavy atom. The molecule has 2 rings (SSSR count). The van der Waals surface area contributed by atoms with Gasteiger partial charge in [-0.05, 0) is 17.6 Å². The molecule has 1 aromatic carbocycles. The zero-order valence-corrected chi connectivity index (χ0v) is 13.4. The number of hydrogen-bond donors (Lipinski definition) is 1. The molecule has 0 saturated carbocycles. The average Bonchev–Trinajstić information content (AvgIpc) is 2.91. The largest absolute Gasteiger partial charge is 0.424 e. The van der Waals surface area contributed by atoms with Gasteiger partial charge in [-0.15, -0.1) is 10.2 Å². The van der Waals surface area contributed by atoms with Crippen molar-refractivity contribution in [2.75, 3.05) is 0 Å². The lowest BCUT2D eigenvalue weighted by molar-refractivity contribution is 0.421. The number of benzene rings is 1. The molecular formula is C15H19N3O3S. The van der Waals surface area contributed by atoms with Gasteiger partial charge < -0.3 is 4.42 Å². The maximum absolute atomic E-state index is 11.9. The molecule has 0 saturated heterocycles. The van der Waals surface area contributed by atoms with Crippen molar-refractivity contribution in [1.29, 1.82) is 0 Å². The smallest absolute Gasteiger partial charge is 0.234 e. The standard InChI is InChI=1S/C15H19N3O3S/c1-12(2)10-14-17-18-15(21-14)11-16-22(19,20)9-8-13-6-4-3-5-7-13/h3-9,12,16H,10-11H2,1-2H3/b9-8+. The second-order valence-corrected chi connectivity index (χ2v) is 6.92. The highest BCUT2D eigenvalue weighted by molar-refractivity contribution is 7.92. The minimum Gasteiger partial charge on any atom is -0.424 e. The van der Waals surface area contributed by atoms with Crippen LogP contribution in [-0.2, 0) is 23.0 Å². The fourth-order valence-electron chi connectivity index (χ4n) is 1.73. The van der Waals surface area contributed by atoms with Crippen LogP contribution in [0.5, 0.6) is 0 Å². The summed E-state index contributed by atoms with van der Waals surface area (Å²) in [7, 11) is -3.55. The van der Waals surface area contributed by atoms with Crippen LogP contribution in [0.4, 0.5) is 0 Å². The second-order valence-electron chi connectivity index (χ2n) is 5.27. The Morgan fingerprint density at radius 2 is 1.86 bits per heavy atom. The van der Waals surface area contributed by atoms with E-state index in [4.69, 9.17) is 4.42 Å². The molecule has 0 aliphatic heterocycles. The number of sulfonamides is 1. The molecule has 0 aliphatic rings. The van der Waals surface area contributed by atoms with Gasteiger partial charge in [0.15, 0.2) is 0 Å². The van der Waals surface area contributed by atoms with Crippen LogP contribution in [0.2, 0.25) is 0 Å². The van der Waals surface area contributed by atoms with E-state index < -0.39 is 10.0 Å². The summed E-state index contributed by atoms with van der Waals surface area (Å²) in [5, 5.41) is 8.82. The highest BCUT2D eigenvalue weighted by Crippen LogP contribution is 2.07. The van der Waals surface area contributed by atoms with Crippen LogP contribution in [0.25, 0.3) is 6.08 Å². The molecule has 1 heterocycles. The molecule has 1 aromatic heterocycles. The summed E-state index contributed by atoms with van der Waals surface area (Å²) in [6.07, 6.45) is 2.20. The predicted octanol–water partition coefficient (Wildman–Crippen LogP) is 2.36. The first-order chi connectivity index (χ1) is 10.4. The molecule has 0 spiro atoms. The van der Waals surface area contributed by atoms with E-state index in [9.17, 15) is 8.42 Å². The normalized spacial score (nSPS) is 12.3. The quantitative estimate of drug-likeness (QED) is 0.846. The zero-order chi connectivity index (χ0) is 16.0. The Hall–Kier alpha value is -1.99. The van der Waals surface area contributed by atoms with Crippen molar-refractivity contribution in [3.8, 4) is 0 Å². The number of nitrogens with zero attached hydrogens (tertiary/aromatic N) is 2. The van der Waals surface area contributed by atoms with E-state index in [1.165, 1.54) is 6.08 Å². The third kappa shape index (κ3) is 5.42. The summed E-state index contributed by atoms with van der Waals surface area (Å²) in [6, 6.07) is 9.20. The van der Waals surface area contributed by atoms with Gasteiger partial charge >= 0.3 is 0 Å². The van der Waals surface area contributed by atoms with Crippen molar-refractivity contribution >= 4 is 16.1 Å². The first-order valence-electron chi connectivity index (χ1n) is 6.98. The molecule has 2 aromatic rings. The summed E-state index contributed by atoms with van der Waals surface area (Å²) in [5.41, 5.74) is 0.810. The second kappa shape index (κ2) is 7.33. The molecule has 22 heavy (non-hydrogen) atoms. The molecule has 1 N–H and O–H groups in total.